The van der Waals surface area contributed by atoms with E-state index in [0.29, 0.717) is 13.6 Å². The Balaban J connectivity index is 2.45. The Morgan fingerprint density at radius 2 is 1.52 bits per heavy atom. The molecule has 33 heavy (non-hydrogen) atoms. The van der Waals surface area contributed by atoms with Gasteiger partial charge < -0.3 is 19.4 Å². The summed E-state index contributed by atoms with van der Waals surface area (Å²) < 4.78 is 66.5. The van der Waals surface area contributed by atoms with E-state index in [4.69, 9.17) is 9.47 Å². The van der Waals surface area contributed by atoms with Gasteiger partial charge in [0, 0.05) is 9.13 Å². The average molecular weight is 693 g/mol. The van der Waals surface area contributed by atoms with Gasteiger partial charge in [0.05, 0.1) is 20.5 Å². The summed E-state index contributed by atoms with van der Waals surface area (Å²) in [7, 11) is 0. The smallest absolute Gasteiger partial charge is 0.342 e. The van der Waals surface area contributed by atoms with E-state index in [9.17, 15) is 37.1 Å². The van der Waals surface area contributed by atoms with Crippen molar-refractivity contribution < 1.29 is 46.5 Å². The van der Waals surface area contributed by atoms with Crippen LogP contribution in [0.15, 0.2) is 12.1 Å². The molecular formula is C21H15F4I2O6-. The molecule has 0 aliphatic heterocycles. The van der Waals surface area contributed by atoms with Crippen LogP contribution in [0, 0.1) is 35.8 Å². The molecule has 0 fully saturated rings. The minimum Gasteiger partial charge on any atom is -0.545 e. The van der Waals surface area contributed by atoms with Crippen LogP contribution in [0.4, 0.5) is 17.6 Å². The van der Waals surface area contributed by atoms with E-state index in [-0.39, 0.29) is 11.3 Å². The summed E-state index contributed by atoms with van der Waals surface area (Å²) in [5.41, 5.74) is -4.18. The first-order valence-corrected chi connectivity index (χ1v) is 11.3. The zero-order valence-corrected chi connectivity index (χ0v) is 21.6. The lowest BCUT2D eigenvalue weighted by Gasteiger charge is -2.22. The van der Waals surface area contributed by atoms with Crippen molar-refractivity contribution in [2.75, 3.05) is 0 Å². The maximum absolute atomic E-state index is 14.1. The van der Waals surface area contributed by atoms with Gasteiger partial charge >= 0.3 is 11.9 Å². The van der Waals surface area contributed by atoms with Crippen molar-refractivity contribution in [3.63, 3.8) is 0 Å². The largest absolute Gasteiger partial charge is 0.545 e. The minimum absolute atomic E-state index is 0.0346. The lowest BCUT2D eigenvalue weighted by Crippen LogP contribution is -2.29. The molecule has 0 N–H and O–H groups in total. The summed E-state index contributed by atoms with van der Waals surface area (Å²) >= 11 is 3.81. The van der Waals surface area contributed by atoms with Crippen LogP contribution in [0.2, 0.25) is 0 Å². The Kier molecular flexibility index (Phi) is 8.70. The minimum atomic E-state index is -2.45. The predicted molar refractivity (Wildman–Crippen MR) is 121 cm³/mol. The number of hydrogen-bond acceptors (Lipinski definition) is 6. The highest BCUT2D eigenvalue weighted by Crippen LogP contribution is 2.33. The van der Waals surface area contributed by atoms with Crippen LogP contribution < -0.4 is 9.84 Å². The second kappa shape index (κ2) is 10.5. The Labute approximate surface area is 212 Å². The van der Waals surface area contributed by atoms with Crippen LogP contribution in [0.5, 0.6) is 5.75 Å². The number of halogens is 6. The van der Waals surface area contributed by atoms with Crippen molar-refractivity contribution in [1.82, 2.24) is 0 Å². The van der Waals surface area contributed by atoms with E-state index in [0.717, 1.165) is 0 Å². The summed E-state index contributed by atoms with van der Waals surface area (Å²) in [5, 5.41) is 11.2. The van der Waals surface area contributed by atoms with Gasteiger partial charge in [0.25, 0.3) is 0 Å². The van der Waals surface area contributed by atoms with E-state index in [1.807, 2.05) is 45.2 Å². The number of aromatic carboxylic acids is 1. The van der Waals surface area contributed by atoms with Crippen molar-refractivity contribution >= 4 is 63.1 Å². The van der Waals surface area contributed by atoms with Crippen LogP contribution >= 0.6 is 45.2 Å². The number of carbonyl (C=O) groups excluding carboxylic acids is 3. The third kappa shape index (κ3) is 5.75. The van der Waals surface area contributed by atoms with Crippen LogP contribution in [-0.4, -0.2) is 17.9 Å². The molecule has 0 atom stereocenters. The SMILES string of the molecule is CCC(C)(C)C(=O)Oc1c(I)cc(I)cc1COC(=O)c1c(F)c(F)c(F)c(F)c1C(=O)[O-]. The fourth-order valence-corrected chi connectivity index (χ4v) is 4.52. The zero-order chi connectivity index (χ0) is 25.2. The molecule has 178 valence electrons. The highest BCUT2D eigenvalue weighted by atomic mass is 127. The second-order valence-electron chi connectivity index (χ2n) is 7.37. The van der Waals surface area contributed by atoms with E-state index >= 15 is 0 Å². The molecular weight excluding hydrogens is 678 g/mol. The van der Waals surface area contributed by atoms with Crippen molar-refractivity contribution in [2.45, 2.75) is 33.8 Å². The molecule has 0 saturated carbocycles. The molecule has 0 amide bonds. The first-order valence-electron chi connectivity index (χ1n) is 9.17. The summed E-state index contributed by atoms with van der Waals surface area (Å²) in [6, 6.07) is 3.13. The third-order valence-electron chi connectivity index (χ3n) is 4.75. The first-order chi connectivity index (χ1) is 15.2. The standard InChI is InChI=1S/C21H16F4I2O6/c1-4-21(2,3)20(31)33-17-8(5-9(26)6-10(17)27)7-32-19(30)12-11(18(28)29)13(22)15(24)16(25)14(12)23/h5-6H,4,7H2,1-3H3,(H,28,29)/p-1. The number of carbonyl (C=O) groups is 3. The summed E-state index contributed by atoms with van der Waals surface area (Å²) in [6.07, 6.45) is 0.462. The molecule has 0 aliphatic rings. The van der Waals surface area contributed by atoms with E-state index in [2.05, 4.69) is 0 Å². The number of rotatable bonds is 7. The van der Waals surface area contributed by atoms with Crippen molar-refractivity contribution in [1.29, 1.82) is 0 Å². The van der Waals surface area contributed by atoms with Gasteiger partial charge in [-0.05, 0) is 77.6 Å². The molecule has 12 heteroatoms. The molecule has 0 bridgehead atoms. The van der Waals surface area contributed by atoms with Gasteiger partial charge in [0.2, 0.25) is 0 Å². The normalized spacial score (nSPS) is 11.3. The molecule has 0 aromatic heterocycles. The molecule has 2 rings (SSSR count). The molecule has 6 nitrogen and oxygen atoms in total. The number of carboxylic acids is 1. The van der Waals surface area contributed by atoms with E-state index < -0.39 is 64.3 Å². The van der Waals surface area contributed by atoms with E-state index in [1.165, 1.54) is 6.07 Å². The summed E-state index contributed by atoms with van der Waals surface area (Å²) in [5.74, 6) is -14.1. The van der Waals surface area contributed by atoms with Gasteiger partial charge in [-0.25, -0.2) is 22.4 Å². The van der Waals surface area contributed by atoms with Crippen molar-refractivity contribution in [3.05, 3.63) is 59.2 Å². The Morgan fingerprint density at radius 1 is 0.970 bits per heavy atom. The summed E-state index contributed by atoms with van der Waals surface area (Å²) in [4.78, 5) is 36.0. The second-order valence-corrected chi connectivity index (χ2v) is 9.78. The topological polar surface area (TPSA) is 92.7 Å². The highest BCUT2D eigenvalue weighted by Gasteiger charge is 2.32. The zero-order valence-electron chi connectivity index (χ0n) is 17.3. The number of benzene rings is 2. The molecule has 0 heterocycles. The molecule has 0 spiro atoms. The third-order valence-corrected chi connectivity index (χ3v) is 6.17. The van der Waals surface area contributed by atoms with Crippen LogP contribution in [0.1, 0.15) is 53.5 Å². The van der Waals surface area contributed by atoms with Crippen LogP contribution in [0.3, 0.4) is 0 Å². The molecule has 0 unspecified atom stereocenters. The lowest BCUT2D eigenvalue weighted by atomic mass is 9.91. The van der Waals surface area contributed by atoms with Gasteiger partial charge in [-0.3, -0.25) is 4.79 Å². The number of hydrogen-bond donors (Lipinski definition) is 0. The highest BCUT2D eigenvalue weighted by molar-refractivity contribution is 14.1. The maximum atomic E-state index is 14.1. The Morgan fingerprint density at radius 3 is 2.03 bits per heavy atom. The molecule has 0 saturated heterocycles. The van der Waals surface area contributed by atoms with Gasteiger partial charge in [-0.15, -0.1) is 0 Å². The number of carboxylic acid groups (broad SMARTS) is 1. The molecule has 2 aromatic carbocycles. The Hall–Kier alpha value is -1.97. The van der Waals surface area contributed by atoms with Gasteiger partial charge in [0.1, 0.15) is 12.2 Å². The van der Waals surface area contributed by atoms with Gasteiger partial charge in [0.15, 0.2) is 29.0 Å². The quantitative estimate of drug-likeness (QED) is 0.106. The van der Waals surface area contributed by atoms with Crippen molar-refractivity contribution in [3.8, 4) is 5.75 Å². The van der Waals surface area contributed by atoms with Gasteiger partial charge in [-0.1, -0.05) is 6.92 Å². The Bertz CT molecular complexity index is 1150. The maximum Gasteiger partial charge on any atom is 0.342 e. The monoisotopic (exact) mass is 693 g/mol. The van der Waals surface area contributed by atoms with Crippen LogP contribution in [0.25, 0.3) is 0 Å². The first kappa shape index (κ1) is 27.3. The lowest BCUT2D eigenvalue weighted by molar-refractivity contribution is -0.255. The molecule has 0 radical (unpaired) electrons. The predicted octanol–water partition coefficient (Wildman–Crippen LogP) is 4.51. The van der Waals surface area contributed by atoms with Crippen LogP contribution in [-0.2, 0) is 16.1 Å². The average Bonchev–Trinajstić information content (AvgIpc) is 2.74. The van der Waals surface area contributed by atoms with E-state index in [1.54, 1.807) is 26.8 Å². The van der Waals surface area contributed by atoms with Gasteiger partial charge in [-0.2, -0.15) is 0 Å². The molecule has 2 aromatic rings. The number of ether oxygens (including phenoxy) is 2. The summed E-state index contributed by atoms with van der Waals surface area (Å²) in [6.45, 7) is 4.42. The fourth-order valence-electron chi connectivity index (χ4n) is 2.44. The van der Waals surface area contributed by atoms with Crippen molar-refractivity contribution in [2.24, 2.45) is 5.41 Å². The molecule has 0 aliphatic carbocycles. The number of esters is 2. The fraction of sp³-hybridized carbons (Fsp3) is 0.286.